The molecule has 1 N–H and O–H groups in total. The number of Topliss-reactive ketones (excluding diaryl/α,β-unsaturated/α-hetero) is 1. The Hall–Kier alpha value is -1.94. The normalized spacial score (nSPS) is 10.3. The molecule has 1 aromatic heterocycles. The Morgan fingerprint density at radius 2 is 1.86 bits per heavy atom. The fourth-order valence-corrected chi connectivity index (χ4v) is 2.80. The average Bonchev–Trinajstić information content (AvgIpc) is 2.97. The summed E-state index contributed by atoms with van der Waals surface area (Å²) in [4.78, 5) is 24.4. The van der Waals surface area contributed by atoms with Crippen molar-refractivity contribution in [2.75, 3.05) is 5.32 Å². The lowest BCUT2D eigenvalue weighted by Gasteiger charge is -2.05. The van der Waals surface area contributed by atoms with Crippen LogP contribution in [0.4, 0.5) is 5.69 Å². The van der Waals surface area contributed by atoms with Gasteiger partial charge >= 0.3 is 0 Å². The summed E-state index contributed by atoms with van der Waals surface area (Å²) in [6.07, 6.45) is 3.48. The van der Waals surface area contributed by atoms with E-state index < -0.39 is 0 Å². The fraction of sp³-hybridized carbons (Fsp3) is 0.294. The second-order valence-corrected chi connectivity index (χ2v) is 6.00. The molecule has 0 fully saturated rings. The second kappa shape index (κ2) is 7.74. The molecule has 0 bridgehead atoms. The lowest BCUT2D eigenvalue weighted by Crippen LogP contribution is -2.11. The van der Waals surface area contributed by atoms with Gasteiger partial charge in [-0.25, -0.2) is 0 Å². The molecule has 110 valence electrons. The molecule has 0 saturated heterocycles. The van der Waals surface area contributed by atoms with Gasteiger partial charge in [-0.3, -0.25) is 9.59 Å². The van der Waals surface area contributed by atoms with Crippen LogP contribution in [0.5, 0.6) is 0 Å². The second-order valence-electron chi connectivity index (χ2n) is 4.97. The van der Waals surface area contributed by atoms with E-state index in [9.17, 15) is 9.59 Å². The van der Waals surface area contributed by atoms with Crippen molar-refractivity contribution < 1.29 is 9.59 Å². The van der Waals surface area contributed by atoms with E-state index in [0.717, 1.165) is 24.9 Å². The van der Waals surface area contributed by atoms with Crippen LogP contribution >= 0.6 is 11.3 Å². The smallest absolute Gasteiger partial charge is 0.224 e. The van der Waals surface area contributed by atoms with Gasteiger partial charge in [0.05, 0.1) is 0 Å². The summed E-state index contributed by atoms with van der Waals surface area (Å²) in [7, 11) is 0. The highest BCUT2D eigenvalue weighted by Crippen LogP contribution is 2.14. The Morgan fingerprint density at radius 3 is 2.48 bits per heavy atom. The van der Waals surface area contributed by atoms with E-state index in [4.69, 9.17) is 0 Å². The van der Waals surface area contributed by atoms with Crippen molar-refractivity contribution in [2.24, 2.45) is 0 Å². The van der Waals surface area contributed by atoms with Gasteiger partial charge in [-0.2, -0.15) is 0 Å². The molecule has 3 nitrogen and oxygen atoms in total. The average molecular weight is 301 g/mol. The number of aryl methyl sites for hydroxylation is 1. The molecule has 0 aliphatic heterocycles. The van der Waals surface area contributed by atoms with Gasteiger partial charge in [0.15, 0.2) is 5.78 Å². The summed E-state index contributed by atoms with van der Waals surface area (Å²) in [6.45, 7) is 1.53. The van der Waals surface area contributed by atoms with E-state index in [2.05, 4.69) is 22.8 Å². The zero-order valence-electron chi connectivity index (χ0n) is 12.1. The van der Waals surface area contributed by atoms with Crippen molar-refractivity contribution in [3.05, 3.63) is 52.2 Å². The molecule has 1 aromatic carbocycles. The molecule has 0 aliphatic rings. The molecule has 1 amide bonds. The number of anilines is 1. The maximum Gasteiger partial charge on any atom is 0.224 e. The molecule has 0 radical (unpaired) electrons. The molecule has 0 unspecified atom stereocenters. The monoisotopic (exact) mass is 301 g/mol. The molecule has 1 heterocycles. The Morgan fingerprint density at radius 1 is 1.10 bits per heavy atom. The van der Waals surface area contributed by atoms with Crippen LogP contribution in [0.1, 0.15) is 41.4 Å². The maximum absolute atomic E-state index is 11.8. The minimum Gasteiger partial charge on any atom is -0.326 e. The van der Waals surface area contributed by atoms with E-state index in [0.29, 0.717) is 12.0 Å². The third-order valence-electron chi connectivity index (χ3n) is 3.23. The third-order valence-corrected chi connectivity index (χ3v) is 4.17. The van der Waals surface area contributed by atoms with Crippen molar-refractivity contribution >= 4 is 28.7 Å². The third kappa shape index (κ3) is 5.16. The lowest BCUT2D eigenvalue weighted by molar-refractivity contribution is -0.116. The predicted octanol–water partition coefficient (Wildman–Crippen LogP) is 4.30. The number of amides is 1. The van der Waals surface area contributed by atoms with Crippen molar-refractivity contribution in [1.29, 1.82) is 0 Å². The predicted molar refractivity (Wildman–Crippen MR) is 87.0 cm³/mol. The number of ketones is 1. The highest BCUT2D eigenvalue weighted by Gasteiger charge is 2.04. The molecule has 2 rings (SSSR count). The van der Waals surface area contributed by atoms with Gasteiger partial charge in [0.1, 0.15) is 0 Å². The van der Waals surface area contributed by atoms with Gasteiger partial charge in [-0.1, -0.05) is 6.07 Å². The van der Waals surface area contributed by atoms with E-state index in [1.54, 1.807) is 35.6 Å². The summed E-state index contributed by atoms with van der Waals surface area (Å²) in [5.74, 6) is 0.0539. The van der Waals surface area contributed by atoms with Crippen LogP contribution in [0.25, 0.3) is 0 Å². The Kier molecular flexibility index (Phi) is 5.69. The number of rotatable bonds is 7. The molecule has 0 aliphatic carbocycles. The van der Waals surface area contributed by atoms with Gasteiger partial charge in [0, 0.05) is 22.5 Å². The van der Waals surface area contributed by atoms with Gasteiger partial charge in [0.25, 0.3) is 0 Å². The van der Waals surface area contributed by atoms with Crippen LogP contribution < -0.4 is 5.32 Å². The van der Waals surface area contributed by atoms with Gasteiger partial charge in [-0.05, 0) is 61.9 Å². The quantitative estimate of drug-likeness (QED) is 0.612. The number of thiophene rings is 1. The number of benzene rings is 1. The summed E-state index contributed by atoms with van der Waals surface area (Å²) in [6, 6.07) is 11.2. The van der Waals surface area contributed by atoms with Crippen LogP contribution in [0, 0.1) is 0 Å². The Bertz CT molecular complexity index is 588. The van der Waals surface area contributed by atoms with Crippen molar-refractivity contribution in [1.82, 2.24) is 0 Å². The number of carbonyl (C=O) groups is 2. The lowest BCUT2D eigenvalue weighted by atomic mass is 10.1. The molecule has 0 atom stereocenters. The topological polar surface area (TPSA) is 46.2 Å². The molecular formula is C17H19NO2S. The molecule has 21 heavy (non-hydrogen) atoms. The summed E-state index contributed by atoms with van der Waals surface area (Å²) in [5, 5.41) is 4.93. The molecule has 0 saturated carbocycles. The Balaban J connectivity index is 1.70. The minimum atomic E-state index is 0.0248. The SMILES string of the molecule is CC(=O)c1ccc(NC(=O)CCCCc2cccs2)cc1. The first kappa shape index (κ1) is 15.4. The molecule has 0 spiro atoms. The van der Waals surface area contributed by atoms with E-state index >= 15 is 0 Å². The van der Waals surface area contributed by atoms with Crippen molar-refractivity contribution in [2.45, 2.75) is 32.6 Å². The molecule has 4 heteroatoms. The number of nitrogens with one attached hydrogen (secondary N) is 1. The Labute approximate surface area is 129 Å². The summed E-state index contributed by atoms with van der Waals surface area (Å²) in [5.41, 5.74) is 1.40. The first-order valence-corrected chi connectivity index (χ1v) is 7.96. The number of hydrogen-bond donors (Lipinski definition) is 1. The first-order valence-electron chi connectivity index (χ1n) is 7.08. The van der Waals surface area contributed by atoms with Crippen LogP contribution in [0.15, 0.2) is 41.8 Å². The zero-order valence-corrected chi connectivity index (χ0v) is 12.9. The summed E-state index contributed by atoms with van der Waals surface area (Å²) >= 11 is 1.76. The van der Waals surface area contributed by atoms with Gasteiger partial charge in [0.2, 0.25) is 5.91 Å². The number of hydrogen-bond acceptors (Lipinski definition) is 3. The highest BCUT2D eigenvalue weighted by atomic mass is 32.1. The van der Waals surface area contributed by atoms with Crippen LogP contribution in [-0.4, -0.2) is 11.7 Å². The van der Waals surface area contributed by atoms with Crippen LogP contribution in [0.2, 0.25) is 0 Å². The maximum atomic E-state index is 11.8. The summed E-state index contributed by atoms with van der Waals surface area (Å²) < 4.78 is 0. The molecule has 2 aromatic rings. The first-order chi connectivity index (χ1) is 10.1. The van der Waals surface area contributed by atoms with Gasteiger partial charge in [-0.15, -0.1) is 11.3 Å². The number of unbranched alkanes of at least 4 members (excludes halogenated alkanes) is 1. The zero-order chi connectivity index (χ0) is 15.1. The highest BCUT2D eigenvalue weighted by molar-refractivity contribution is 7.09. The van der Waals surface area contributed by atoms with E-state index in [1.807, 2.05) is 0 Å². The standard InChI is InChI=1S/C17H19NO2S/c1-13(19)14-8-10-15(11-9-14)18-17(20)7-3-2-5-16-6-4-12-21-16/h4,6,8-12H,2-3,5,7H2,1H3,(H,18,20). The van der Waals surface area contributed by atoms with Crippen molar-refractivity contribution in [3.63, 3.8) is 0 Å². The van der Waals surface area contributed by atoms with E-state index in [-0.39, 0.29) is 11.7 Å². The van der Waals surface area contributed by atoms with Crippen LogP contribution in [-0.2, 0) is 11.2 Å². The fourth-order valence-electron chi connectivity index (χ4n) is 2.05. The number of carbonyl (C=O) groups excluding carboxylic acids is 2. The van der Waals surface area contributed by atoms with Gasteiger partial charge < -0.3 is 5.32 Å². The molecular weight excluding hydrogens is 282 g/mol. The van der Waals surface area contributed by atoms with Crippen LogP contribution in [0.3, 0.4) is 0 Å². The van der Waals surface area contributed by atoms with E-state index in [1.165, 1.54) is 11.8 Å². The van der Waals surface area contributed by atoms with Crippen molar-refractivity contribution in [3.8, 4) is 0 Å². The largest absolute Gasteiger partial charge is 0.326 e. The minimum absolute atomic E-state index is 0.0248.